The fourth-order valence-electron chi connectivity index (χ4n) is 3.91. The molecule has 7 heteroatoms. The second-order valence-electron chi connectivity index (χ2n) is 7.39. The number of imide groups is 1. The number of anilines is 1. The Morgan fingerprint density at radius 1 is 0.967 bits per heavy atom. The van der Waals surface area contributed by atoms with Gasteiger partial charge in [-0.3, -0.25) is 9.59 Å². The molecule has 2 aliphatic heterocycles. The zero-order valence-corrected chi connectivity index (χ0v) is 17.2. The number of urea groups is 1. The van der Waals surface area contributed by atoms with Crippen molar-refractivity contribution in [2.45, 2.75) is 18.9 Å². The van der Waals surface area contributed by atoms with E-state index in [1.54, 1.807) is 46.2 Å². The molecule has 2 aliphatic rings. The quantitative estimate of drug-likeness (QED) is 0.555. The van der Waals surface area contributed by atoms with E-state index >= 15 is 0 Å². The van der Waals surface area contributed by atoms with Crippen molar-refractivity contribution in [3.8, 4) is 0 Å². The second kappa shape index (κ2) is 8.71. The Bertz CT molecular complexity index is 984. The minimum absolute atomic E-state index is 0.0493. The molecule has 0 radical (unpaired) electrons. The van der Waals surface area contributed by atoms with E-state index in [1.807, 2.05) is 24.3 Å². The molecule has 2 fully saturated rings. The van der Waals surface area contributed by atoms with Gasteiger partial charge >= 0.3 is 6.03 Å². The summed E-state index contributed by atoms with van der Waals surface area (Å²) in [5, 5.41) is 0.598. The highest BCUT2D eigenvalue weighted by molar-refractivity contribution is 6.32. The number of carbonyl (C=O) groups is 3. The first-order valence-corrected chi connectivity index (χ1v) is 10.3. The Kier molecular flexibility index (Phi) is 5.86. The van der Waals surface area contributed by atoms with Crippen molar-refractivity contribution < 1.29 is 14.4 Å². The largest absolute Gasteiger partial charge is 0.339 e. The molecule has 2 saturated heterocycles. The molecule has 0 saturated carbocycles. The fourth-order valence-corrected chi connectivity index (χ4v) is 4.11. The number of likely N-dealkylation sites (tertiary alicyclic amines) is 1. The van der Waals surface area contributed by atoms with E-state index in [1.165, 1.54) is 11.0 Å². The topological polar surface area (TPSA) is 60.9 Å². The molecule has 4 rings (SSSR count). The van der Waals surface area contributed by atoms with Gasteiger partial charge in [0, 0.05) is 30.2 Å². The maximum Gasteiger partial charge on any atom is 0.332 e. The summed E-state index contributed by atoms with van der Waals surface area (Å²) in [5.74, 6) is -0.296. The molecule has 2 aromatic carbocycles. The number of carbonyl (C=O) groups excluding carboxylic acids is 3. The molecule has 0 aliphatic carbocycles. The Balaban J connectivity index is 1.35. The van der Waals surface area contributed by atoms with Crippen molar-refractivity contribution >= 4 is 41.2 Å². The molecule has 0 unspecified atom stereocenters. The Morgan fingerprint density at radius 3 is 2.33 bits per heavy atom. The number of benzene rings is 2. The summed E-state index contributed by atoms with van der Waals surface area (Å²) in [6, 6.07) is 16.0. The van der Waals surface area contributed by atoms with E-state index in [0.29, 0.717) is 36.6 Å². The number of nitrogens with zero attached hydrogens (tertiary/aromatic N) is 3. The summed E-state index contributed by atoms with van der Waals surface area (Å²) < 4.78 is 0. The van der Waals surface area contributed by atoms with Crippen LogP contribution in [0.1, 0.15) is 18.4 Å². The van der Waals surface area contributed by atoms with Crippen LogP contribution < -0.4 is 4.90 Å². The van der Waals surface area contributed by atoms with Gasteiger partial charge in [0.25, 0.3) is 5.91 Å². The molecular weight excluding hydrogens is 402 g/mol. The molecule has 2 heterocycles. The Labute approximate surface area is 180 Å². The summed E-state index contributed by atoms with van der Waals surface area (Å²) in [4.78, 5) is 42.4. The predicted molar refractivity (Wildman–Crippen MR) is 116 cm³/mol. The number of amides is 4. The standard InChI is InChI=1S/C23H22ClN3O3/c24-20-9-5-4-6-17(20)10-11-21(28)25-14-12-18(13-15-25)26-16-22(29)27(23(26)30)19-7-2-1-3-8-19/h1-11,18H,12-16H2/b11-10+. The smallest absolute Gasteiger partial charge is 0.332 e. The second-order valence-corrected chi connectivity index (χ2v) is 7.79. The monoisotopic (exact) mass is 423 g/mol. The third-order valence-electron chi connectivity index (χ3n) is 5.53. The molecule has 0 bridgehead atoms. The summed E-state index contributed by atoms with van der Waals surface area (Å²) in [6.07, 6.45) is 4.54. The molecule has 0 spiro atoms. The van der Waals surface area contributed by atoms with Gasteiger partial charge in [0.15, 0.2) is 0 Å². The van der Waals surface area contributed by atoms with Crippen LogP contribution in [0.3, 0.4) is 0 Å². The van der Waals surface area contributed by atoms with Crippen LogP contribution in [0.4, 0.5) is 10.5 Å². The lowest BCUT2D eigenvalue weighted by molar-refractivity contribution is -0.127. The fraction of sp³-hybridized carbons (Fsp3) is 0.261. The predicted octanol–water partition coefficient (Wildman–Crippen LogP) is 3.81. The minimum atomic E-state index is -0.283. The summed E-state index contributed by atoms with van der Waals surface area (Å²) in [6.45, 7) is 1.16. The maximum atomic E-state index is 12.8. The first-order valence-electron chi connectivity index (χ1n) is 9.95. The Morgan fingerprint density at radius 2 is 1.63 bits per heavy atom. The third-order valence-corrected chi connectivity index (χ3v) is 5.88. The van der Waals surface area contributed by atoms with Gasteiger partial charge in [-0.05, 0) is 42.7 Å². The van der Waals surface area contributed by atoms with Crippen molar-refractivity contribution in [2.75, 3.05) is 24.5 Å². The molecule has 6 nitrogen and oxygen atoms in total. The van der Waals surface area contributed by atoms with E-state index < -0.39 is 0 Å². The maximum absolute atomic E-state index is 12.8. The molecular formula is C23H22ClN3O3. The van der Waals surface area contributed by atoms with Gasteiger partial charge < -0.3 is 9.80 Å². The number of hydrogen-bond acceptors (Lipinski definition) is 3. The van der Waals surface area contributed by atoms with Crippen LogP contribution in [-0.4, -0.2) is 53.3 Å². The lowest BCUT2D eigenvalue weighted by Gasteiger charge is -2.35. The Hall–Kier alpha value is -3.12. The van der Waals surface area contributed by atoms with Gasteiger partial charge in [0.2, 0.25) is 5.91 Å². The summed E-state index contributed by atoms with van der Waals surface area (Å²) in [5.41, 5.74) is 1.39. The SMILES string of the molecule is O=C(/C=C/c1ccccc1Cl)N1CCC(N2CC(=O)N(c3ccccc3)C2=O)CC1. The van der Waals surface area contributed by atoms with E-state index in [9.17, 15) is 14.4 Å². The molecule has 0 aromatic heterocycles. The van der Waals surface area contributed by atoms with Crippen LogP contribution in [0.25, 0.3) is 6.08 Å². The van der Waals surface area contributed by atoms with Crippen LogP contribution in [-0.2, 0) is 9.59 Å². The number of hydrogen-bond donors (Lipinski definition) is 0. The van der Waals surface area contributed by atoms with Gasteiger partial charge in [-0.2, -0.15) is 0 Å². The molecule has 154 valence electrons. The number of halogens is 1. The van der Waals surface area contributed by atoms with E-state index in [4.69, 9.17) is 11.6 Å². The summed E-state index contributed by atoms with van der Waals surface area (Å²) >= 11 is 6.12. The number of rotatable bonds is 4. The van der Waals surface area contributed by atoms with E-state index in [2.05, 4.69) is 0 Å². The number of piperidine rings is 1. The zero-order chi connectivity index (χ0) is 21.1. The van der Waals surface area contributed by atoms with Crippen molar-refractivity contribution in [1.82, 2.24) is 9.80 Å². The number of para-hydroxylation sites is 1. The highest BCUT2D eigenvalue weighted by Crippen LogP contribution is 2.26. The highest BCUT2D eigenvalue weighted by Gasteiger charge is 2.41. The average molecular weight is 424 g/mol. The van der Waals surface area contributed by atoms with Crippen molar-refractivity contribution in [2.24, 2.45) is 0 Å². The molecule has 30 heavy (non-hydrogen) atoms. The highest BCUT2D eigenvalue weighted by atomic mass is 35.5. The first-order chi connectivity index (χ1) is 14.5. The van der Waals surface area contributed by atoms with Gasteiger partial charge in [-0.15, -0.1) is 0 Å². The van der Waals surface area contributed by atoms with Gasteiger partial charge in [0.05, 0.1) is 5.69 Å². The third kappa shape index (κ3) is 4.09. The van der Waals surface area contributed by atoms with E-state index in [0.717, 1.165) is 5.56 Å². The van der Waals surface area contributed by atoms with E-state index in [-0.39, 0.29) is 30.4 Å². The minimum Gasteiger partial charge on any atom is -0.339 e. The van der Waals surface area contributed by atoms with Gasteiger partial charge in [-0.25, -0.2) is 9.69 Å². The molecule has 2 aromatic rings. The zero-order valence-electron chi connectivity index (χ0n) is 16.4. The molecule has 4 amide bonds. The van der Waals surface area contributed by atoms with Gasteiger partial charge in [0.1, 0.15) is 6.54 Å². The average Bonchev–Trinajstić information content (AvgIpc) is 3.07. The van der Waals surface area contributed by atoms with Crippen LogP contribution >= 0.6 is 11.6 Å². The van der Waals surface area contributed by atoms with Crippen LogP contribution in [0.2, 0.25) is 5.02 Å². The van der Waals surface area contributed by atoms with Gasteiger partial charge in [-0.1, -0.05) is 48.0 Å². The van der Waals surface area contributed by atoms with Crippen molar-refractivity contribution in [3.05, 3.63) is 71.3 Å². The van der Waals surface area contributed by atoms with Crippen LogP contribution in [0, 0.1) is 0 Å². The molecule has 0 atom stereocenters. The van der Waals surface area contributed by atoms with Crippen molar-refractivity contribution in [3.63, 3.8) is 0 Å². The van der Waals surface area contributed by atoms with Crippen LogP contribution in [0.5, 0.6) is 0 Å². The summed E-state index contributed by atoms with van der Waals surface area (Å²) in [7, 11) is 0. The normalized spacial score (nSPS) is 18.0. The van der Waals surface area contributed by atoms with Crippen LogP contribution in [0.15, 0.2) is 60.7 Å². The molecule has 0 N–H and O–H groups in total. The lowest BCUT2D eigenvalue weighted by Crippen LogP contribution is -2.47. The van der Waals surface area contributed by atoms with Crippen molar-refractivity contribution in [1.29, 1.82) is 0 Å². The lowest BCUT2D eigenvalue weighted by atomic mass is 10.0. The first kappa shape index (κ1) is 20.2.